The molecule has 0 amide bonds. The van der Waals surface area contributed by atoms with Crippen molar-refractivity contribution in [3.05, 3.63) is 35.4 Å². The number of piperidine rings is 1. The zero-order valence-electron chi connectivity index (χ0n) is 20.0. The Morgan fingerprint density at radius 3 is 3.27 bits per heavy atom. The lowest BCUT2D eigenvalue weighted by Crippen LogP contribution is -2.64. The third kappa shape index (κ3) is 1.28. The van der Waals surface area contributed by atoms with Crippen molar-refractivity contribution in [3.63, 3.8) is 0 Å². The summed E-state index contributed by atoms with van der Waals surface area (Å²) in [5, 5.41) is 10.8. The van der Waals surface area contributed by atoms with Crippen molar-refractivity contribution in [1.29, 1.82) is 0 Å². The third-order valence-corrected chi connectivity index (χ3v) is 5.06. The fourth-order valence-corrected chi connectivity index (χ4v) is 4.13. The van der Waals surface area contributed by atoms with Gasteiger partial charge >= 0.3 is 0 Å². The van der Waals surface area contributed by atoms with Crippen molar-refractivity contribution in [2.45, 2.75) is 36.4 Å². The molecule has 116 valence electrons. The van der Waals surface area contributed by atoms with Crippen LogP contribution in [0.2, 0.25) is 0 Å². The highest BCUT2D eigenvalue weighted by Crippen LogP contribution is 2.62. The monoisotopic (exact) mass is 307 g/mol. The zero-order chi connectivity index (χ0) is 22.1. The van der Waals surface area contributed by atoms with E-state index in [4.69, 9.17) is 17.7 Å². The van der Waals surface area contributed by atoms with E-state index in [1.165, 1.54) is 25.3 Å². The normalized spacial score (nSPS) is 59.3. The molecule has 5 atom stereocenters. The molecule has 2 aliphatic heterocycles. The molecule has 1 fully saturated rings. The van der Waals surface area contributed by atoms with Gasteiger partial charge in [-0.1, -0.05) is 18.2 Å². The molecule has 4 aliphatic rings. The molecule has 1 spiro atoms. The predicted octanol–water partition coefficient (Wildman–Crippen LogP) is 1.50. The van der Waals surface area contributed by atoms with Crippen molar-refractivity contribution in [2.75, 3.05) is 20.6 Å². The van der Waals surface area contributed by atoms with E-state index in [2.05, 4.69) is 0 Å². The molecule has 1 aromatic rings. The van der Waals surface area contributed by atoms with E-state index in [0.717, 1.165) is 11.0 Å². The first-order valence-electron chi connectivity index (χ1n) is 11.3. The molecule has 2 unspecified atom stereocenters. The largest absolute Gasteiger partial charge is 0.493 e. The minimum atomic E-state index is -2.84. The first-order chi connectivity index (χ1) is 13.7. The van der Waals surface area contributed by atoms with E-state index in [1.807, 2.05) is 0 Å². The molecule has 0 radical (unpaired) electrons. The molecule has 1 saturated heterocycles. The predicted molar refractivity (Wildman–Crippen MR) is 82.5 cm³/mol. The van der Waals surface area contributed by atoms with Crippen LogP contribution in [0.5, 0.6) is 11.5 Å². The molecular formula is C18H21NO3. The Labute approximate surface area is 141 Å². The number of aliphatic hydroxyl groups is 1. The maximum Gasteiger partial charge on any atom is 0.165 e. The Balaban J connectivity index is 1.98. The SMILES string of the molecule is [2H]C([2H])([2H])N1CC[C@]23c4c5ccc(OC)c4OC2([2H])C(O)C=C[C@@]3([2H])[C@@]1([2H])C5([2H])[2H]. The molecular weight excluding hydrogens is 278 g/mol. The first kappa shape index (κ1) is 7.37. The number of likely N-dealkylation sites (N-methyl/N-ethyl adjacent to an activating group) is 1. The Kier molecular flexibility index (Phi) is 1.36. The van der Waals surface area contributed by atoms with Gasteiger partial charge in [-0.15, -0.1) is 0 Å². The van der Waals surface area contributed by atoms with Crippen LogP contribution in [0, 0.1) is 5.89 Å². The van der Waals surface area contributed by atoms with Crippen LogP contribution in [-0.2, 0) is 11.8 Å². The van der Waals surface area contributed by atoms with Crippen molar-refractivity contribution in [2.24, 2.45) is 5.89 Å². The second kappa shape index (κ2) is 4.06. The molecule has 1 N–H and O–H groups in total. The van der Waals surface area contributed by atoms with Gasteiger partial charge in [0.05, 0.1) is 8.48 Å². The average molecular weight is 307 g/mol. The molecule has 2 heterocycles. The molecule has 2 bridgehead atoms. The van der Waals surface area contributed by atoms with E-state index in [9.17, 15) is 7.85 Å². The number of aliphatic hydroxyl groups excluding tert-OH is 1. The number of hydrogen-bond donors (Lipinski definition) is 1. The fourth-order valence-electron chi connectivity index (χ4n) is 4.13. The molecule has 1 aromatic carbocycles. The molecule has 0 saturated carbocycles. The van der Waals surface area contributed by atoms with E-state index in [-0.39, 0.29) is 35.6 Å². The van der Waals surface area contributed by atoms with Gasteiger partial charge in [0.2, 0.25) is 0 Å². The van der Waals surface area contributed by atoms with Crippen molar-refractivity contribution in [3.8, 4) is 11.5 Å². The Bertz CT molecular complexity index is 998. The summed E-state index contributed by atoms with van der Waals surface area (Å²) in [6, 6.07) is 0.239. The van der Waals surface area contributed by atoms with Crippen LogP contribution in [0.3, 0.4) is 0 Å². The van der Waals surface area contributed by atoms with Crippen molar-refractivity contribution in [1.82, 2.24) is 4.90 Å². The minimum absolute atomic E-state index is 0.0123. The summed E-state index contributed by atoms with van der Waals surface area (Å²) in [6.45, 7) is -3.10. The molecule has 4 heteroatoms. The minimum Gasteiger partial charge on any atom is -0.493 e. The van der Waals surface area contributed by atoms with Crippen LogP contribution in [0.1, 0.15) is 28.5 Å². The van der Waals surface area contributed by atoms with Gasteiger partial charge < -0.3 is 19.5 Å². The summed E-state index contributed by atoms with van der Waals surface area (Å²) >= 11 is 0. The van der Waals surface area contributed by atoms with Crippen molar-refractivity contribution >= 4 is 0 Å². The first-order valence-corrected chi connectivity index (χ1v) is 7.30. The van der Waals surface area contributed by atoms with Crippen LogP contribution in [0.25, 0.3) is 0 Å². The number of likely N-dealkylation sites (tertiary alicyclic amines) is 1. The van der Waals surface area contributed by atoms with Gasteiger partial charge in [-0.05, 0) is 37.9 Å². The number of ether oxygens (including phenoxy) is 2. The Morgan fingerprint density at radius 2 is 2.45 bits per heavy atom. The molecule has 22 heavy (non-hydrogen) atoms. The van der Waals surface area contributed by atoms with Crippen LogP contribution >= 0.6 is 0 Å². The lowest BCUT2D eigenvalue weighted by Gasteiger charge is -2.56. The summed E-state index contributed by atoms with van der Waals surface area (Å²) in [5.74, 6) is -1.94. The fraction of sp³-hybridized carbons (Fsp3) is 0.556. The zero-order valence-corrected chi connectivity index (χ0v) is 12.0. The molecule has 5 rings (SSSR count). The highest BCUT2D eigenvalue weighted by molar-refractivity contribution is 5.62. The van der Waals surface area contributed by atoms with Gasteiger partial charge in [-0.25, -0.2) is 0 Å². The van der Waals surface area contributed by atoms with Crippen LogP contribution < -0.4 is 9.47 Å². The van der Waals surface area contributed by atoms with E-state index in [1.54, 1.807) is 0 Å². The summed E-state index contributed by atoms with van der Waals surface area (Å²) in [5.41, 5.74) is -1.46. The van der Waals surface area contributed by atoms with Gasteiger partial charge in [0, 0.05) is 32.5 Å². The Morgan fingerprint density at radius 1 is 1.55 bits per heavy atom. The number of methoxy groups -OCH3 is 1. The summed E-state index contributed by atoms with van der Waals surface area (Å²) in [7, 11) is 1.39. The number of rotatable bonds is 1. The van der Waals surface area contributed by atoms with Gasteiger partial charge in [-0.3, -0.25) is 0 Å². The topological polar surface area (TPSA) is 41.9 Å². The smallest absolute Gasteiger partial charge is 0.165 e. The quantitative estimate of drug-likeness (QED) is 0.799. The molecule has 4 nitrogen and oxygen atoms in total. The van der Waals surface area contributed by atoms with Crippen LogP contribution in [0.4, 0.5) is 0 Å². The molecule has 0 aromatic heterocycles. The van der Waals surface area contributed by atoms with Gasteiger partial charge in [-0.2, -0.15) is 0 Å². The number of benzene rings is 1. The number of nitrogens with zero attached hydrogens (tertiary/aromatic N) is 1. The van der Waals surface area contributed by atoms with Crippen LogP contribution in [-0.4, -0.2) is 48.8 Å². The maximum atomic E-state index is 10.8. The third-order valence-electron chi connectivity index (χ3n) is 5.06. The van der Waals surface area contributed by atoms with Gasteiger partial charge in [0.15, 0.2) is 11.5 Å². The summed E-state index contributed by atoms with van der Waals surface area (Å²) in [6.07, 6.45) is -3.96. The summed E-state index contributed by atoms with van der Waals surface area (Å²) in [4.78, 5) is 0.742. The second-order valence-corrected chi connectivity index (χ2v) is 5.98. The average Bonchev–Trinajstić information content (AvgIpc) is 2.92. The highest BCUT2D eigenvalue weighted by Gasteiger charge is 2.64. The van der Waals surface area contributed by atoms with Gasteiger partial charge in [0.1, 0.15) is 12.2 Å². The molecule has 2 aliphatic carbocycles. The standard InChI is InChI=1S/C18H21NO3/c1-19-8-7-18-11-4-5-13(20)17(18)22-16-14(21-2)6-3-10(15(16)18)9-12(11)19/h3-6,11-13,17,20H,7-9H2,1-2H3/t11-,12+,13?,17?,18-/m0/s1/i1D3,9D2,11D,12D,17D. The second-order valence-electron chi connectivity index (χ2n) is 5.98. The number of hydrogen-bond acceptors (Lipinski definition) is 4. The van der Waals surface area contributed by atoms with E-state index in [0.29, 0.717) is 0 Å². The summed E-state index contributed by atoms with van der Waals surface area (Å²) < 4.78 is 80.8. The lowest BCUT2D eigenvalue weighted by atomic mass is 9.53. The van der Waals surface area contributed by atoms with Crippen molar-refractivity contribution < 1.29 is 25.5 Å². The van der Waals surface area contributed by atoms with E-state index < -0.39 is 42.9 Å². The lowest BCUT2D eigenvalue weighted by molar-refractivity contribution is -0.0453. The van der Waals surface area contributed by atoms with Crippen LogP contribution in [0.15, 0.2) is 24.3 Å². The maximum absolute atomic E-state index is 10.8. The van der Waals surface area contributed by atoms with Gasteiger partial charge in [0.25, 0.3) is 0 Å². The van der Waals surface area contributed by atoms with E-state index >= 15 is 0 Å². The Hall–Kier alpha value is -1.52. The highest BCUT2D eigenvalue weighted by atomic mass is 16.5.